The van der Waals surface area contributed by atoms with Gasteiger partial charge in [0.2, 0.25) is 0 Å². The third-order valence-corrected chi connectivity index (χ3v) is 5.41. The van der Waals surface area contributed by atoms with Gasteiger partial charge in [0.05, 0.1) is 0 Å². The quantitative estimate of drug-likeness (QED) is 0.820. The van der Waals surface area contributed by atoms with Gasteiger partial charge >= 0.3 is 5.97 Å². The summed E-state index contributed by atoms with van der Waals surface area (Å²) in [5, 5.41) is 9.26. The lowest BCUT2D eigenvalue weighted by Crippen LogP contribution is -2.50. The number of hydrogen-bond acceptors (Lipinski definition) is 3. The first kappa shape index (κ1) is 15.9. The molecule has 1 unspecified atom stereocenters. The van der Waals surface area contributed by atoms with E-state index in [0.717, 1.165) is 18.4 Å². The van der Waals surface area contributed by atoms with Crippen molar-refractivity contribution < 1.29 is 18.3 Å². The Bertz CT molecular complexity index is 588. The van der Waals surface area contributed by atoms with Crippen molar-refractivity contribution in [2.45, 2.75) is 38.3 Å². The van der Waals surface area contributed by atoms with E-state index in [1.54, 1.807) is 24.3 Å². The number of rotatable bonds is 6. The van der Waals surface area contributed by atoms with Crippen LogP contribution in [0.5, 0.6) is 0 Å². The molecule has 7 heteroatoms. The van der Waals surface area contributed by atoms with Crippen LogP contribution in [0.4, 0.5) is 0 Å². The molecule has 0 aromatic heterocycles. The highest BCUT2D eigenvalue weighted by Crippen LogP contribution is 2.20. The maximum Gasteiger partial charge on any atom is 0.322 e. The number of carbonyl (C=O) groups is 1. The molecule has 1 aromatic rings. The Balaban J connectivity index is 2.11. The second-order valence-electron chi connectivity index (χ2n) is 5.31. The van der Waals surface area contributed by atoms with Crippen molar-refractivity contribution in [3.63, 3.8) is 0 Å². The first-order chi connectivity index (χ1) is 9.90. The van der Waals surface area contributed by atoms with Gasteiger partial charge in [0.1, 0.15) is 6.04 Å². The first-order valence-electron chi connectivity index (χ1n) is 6.96. The molecule has 116 valence electrons. The summed E-state index contributed by atoms with van der Waals surface area (Å²) >= 11 is 0. The minimum Gasteiger partial charge on any atom is -0.480 e. The minimum absolute atomic E-state index is 0.0892. The number of carboxylic acid groups (broad SMARTS) is 1. The van der Waals surface area contributed by atoms with Crippen LogP contribution in [-0.2, 0) is 21.4 Å². The van der Waals surface area contributed by atoms with Gasteiger partial charge < -0.3 is 5.11 Å². The van der Waals surface area contributed by atoms with Crippen LogP contribution in [0.25, 0.3) is 0 Å². The summed E-state index contributed by atoms with van der Waals surface area (Å²) in [4.78, 5) is 11.3. The van der Waals surface area contributed by atoms with Crippen molar-refractivity contribution in [1.29, 1.82) is 0 Å². The average Bonchev–Trinajstić information content (AvgIpc) is 2.86. The molecular formula is C14H20N2O4S. The minimum atomic E-state index is -3.77. The van der Waals surface area contributed by atoms with Crippen molar-refractivity contribution in [3.8, 4) is 0 Å². The Morgan fingerprint density at radius 3 is 2.62 bits per heavy atom. The zero-order valence-corrected chi connectivity index (χ0v) is 12.7. The molecule has 0 spiro atoms. The molecule has 1 heterocycles. The van der Waals surface area contributed by atoms with Gasteiger partial charge in [-0.05, 0) is 31.7 Å². The van der Waals surface area contributed by atoms with Gasteiger partial charge in [0.25, 0.3) is 10.2 Å². The van der Waals surface area contributed by atoms with E-state index in [-0.39, 0.29) is 12.5 Å². The van der Waals surface area contributed by atoms with E-state index in [1.165, 1.54) is 4.31 Å². The fourth-order valence-corrected chi connectivity index (χ4v) is 4.17. The predicted molar refractivity (Wildman–Crippen MR) is 79.0 cm³/mol. The third kappa shape index (κ3) is 4.03. The molecule has 1 aliphatic rings. The molecule has 0 amide bonds. The van der Waals surface area contributed by atoms with Gasteiger partial charge in [-0.2, -0.15) is 17.4 Å². The zero-order valence-electron chi connectivity index (χ0n) is 11.9. The first-order valence-corrected chi connectivity index (χ1v) is 8.40. The van der Waals surface area contributed by atoms with Gasteiger partial charge in [0.15, 0.2) is 0 Å². The van der Waals surface area contributed by atoms with E-state index in [0.29, 0.717) is 6.54 Å². The molecular weight excluding hydrogens is 292 g/mol. The Kier molecular flexibility index (Phi) is 4.97. The second kappa shape index (κ2) is 6.55. The second-order valence-corrected chi connectivity index (χ2v) is 6.96. The Morgan fingerprint density at radius 1 is 1.43 bits per heavy atom. The highest BCUT2D eigenvalue weighted by molar-refractivity contribution is 7.87. The molecule has 1 aliphatic heterocycles. The number of nitrogens with zero attached hydrogens (tertiary/aromatic N) is 1. The third-order valence-electron chi connectivity index (χ3n) is 3.67. The average molecular weight is 312 g/mol. The van der Waals surface area contributed by atoms with Crippen LogP contribution >= 0.6 is 0 Å². The smallest absolute Gasteiger partial charge is 0.322 e. The van der Waals surface area contributed by atoms with Crippen LogP contribution in [0.1, 0.15) is 25.3 Å². The summed E-state index contributed by atoms with van der Waals surface area (Å²) in [5.74, 6) is -1.17. The van der Waals surface area contributed by atoms with Crippen LogP contribution < -0.4 is 4.72 Å². The van der Waals surface area contributed by atoms with Crippen molar-refractivity contribution in [3.05, 3.63) is 35.9 Å². The van der Waals surface area contributed by atoms with Gasteiger partial charge in [-0.1, -0.05) is 30.3 Å². The standard InChI is InChI=1S/C14H20N2O4S/c1-11-6-5-9-16(11)21(19,20)15-13(14(17)18)10-12-7-3-2-4-8-12/h2-4,7-8,11,13,15H,5-6,9-10H2,1H3,(H,17,18)/t11?,13-/m0/s1. The summed E-state index contributed by atoms with van der Waals surface area (Å²) < 4.78 is 28.3. The molecule has 0 aliphatic carbocycles. The van der Waals surface area contributed by atoms with Crippen LogP contribution in [-0.4, -0.2) is 42.4 Å². The van der Waals surface area contributed by atoms with Crippen molar-refractivity contribution in [2.24, 2.45) is 0 Å². The molecule has 1 aromatic carbocycles. The molecule has 2 N–H and O–H groups in total. The molecule has 6 nitrogen and oxygen atoms in total. The molecule has 1 fully saturated rings. The number of benzene rings is 1. The molecule has 2 atom stereocenters. The SMILES string of the molecule is CC1CCCN1S(=O)(=O)N[C@@H](Cc1ccccc1)C(=O)O. The van der Waals surface area contributed by atoms with Gasteiger partial charge in [-0.15, -0.1) is 0 Å². The topological polar surface area (TPSA) is 86.7 Å². The lowest BCUT2D eigenvalue weighted by Gasteiger charge is -2.24. The van der Waals surface area contributed by atoms with Crippen LogP contribution in [0.2, 0.25) is 0 Å². The van der Waals surface area contributed by atoms with Gasteiger partial charge in [-0.25, -0.2) is 0 Å². The summed E-state index contributed by atoms with van der Waals surface area (Å²) in [6.07, 6.45) is 1.73. The Hall–Kier alpha value is -1.44. The van der Waals surface area contributed by atoms with Crippen molar-refractivity contribution in [1.82, 2.24) is 9.03 Å². The number of nitrogens with one attached hydrogen (secondary N) is 1. The monoisotopic (exact) mass is 312 g/mol. The molecule has 21 heavy (non-hydrogen) atoms. The number of aliphatic carboxylic acids is 1. The van der Waals surface area contributed by atoms with E-state index < -0.39 is 22.2 Å². The van der Waals surface area contributed by atoms with Gasteiger partial charge in [-0.3, -0.25) is 4.79 Å². The molecule has 0 saturated carbocycles. The molecule has 0 radical (unpaired) electrons. The zero-order chi connectivity index (χ0) is 15.5. The summed E-state index contributed by atoms with van der Waals surface area (Å²) in [7, 11) is -3.77. The van der Waals surface area contributed by atoms with E-state index in [1.807, 2.05) is 13.0 Å². The van der Waals surface area contributed by atoms with E-state index in [2.05, 4.69) is 4.72 Å². The normalized spacial score (nSPS) is 21.3. The van der Waals surface area contributed by atoms with E-state index in [9.17, 15) is 18.3 Å². The molecule has 0 bridgehead atoms. The predicted octanol–water partition coefficient (Wildman–Crippen LogP) is 1.00. The Labute approximate surface area is 125 Å². The highest BCUT2D eigenvalue weighted by atomic mass is 32.2. The van der Waals surface area contributed by atoms with Crippen molar-refractivity contribution >= 4 is 16.2 Å². The van der Waals surface area contributed by atoms with Gasteiger partial charge in [0, 0.05) is 12.6 Å². The molecule has 2 rings (SSSR count). The van der Waals surface area contributed by atoms with Crippen molar-refractivity contribution in [2.75, 3.05) is 6.54 Å². The summed E-state index contributed by atoms with van der Waals surface area (Å²) in [5.41, 5.74) is 0.780. The summed E-state index contributed by atoms with van der Waals surface area (Å²) in [6, 6.07) is 7.73. The lowest BCUT2D eigenvalue weighted by molar-refractivity contribution is -0.138. The lowest BCUT2D eigenvalue weighted by atomic mass is 10.1. The van der Waals surface area contributed by atoms with E-state index >= 15 is 0 Å². The Morgan fingerprint density at radius 2 is 2.10 bits per heavy atom. The largest absolute Gasteiger partial charge is 0.480 e. The fourth-order valence-electron chi connectivity index (χ4n) is 2.54. The van der Waals surface area contributed by atoms with Crippen LogP contribution in [0.15, 0.2) is 30.3 Å². The molecule has 1 saturated heterocycles. The fraction of sp³-hybridized carbons (Fsp3) is 0.500. The van der Waals surface area contributed by atoms with E-state index in [4.69, 9.17) is 0 Å². The maximum absolute atomic E-state index is 12.3. The highest BCUT2D eigenvalue weighted by Gasteiger charge is 2.34. The van der Waals surface area contributed by atoms with Crippen LogP contribution in [0, 0.1) is 0 Å². The van der Waals surface area contributed by atoms with Crippen LogP contribution in [0.3, 0.4) is 0 Å². The number of carboxylic acids is 1. The maximum atomic E-state index is 12.3. The number of hydrogen-bond donors (Lipinski definition) is 2. The summed E-state index contributed by atoms with van der Waals surface area (Å²) in [6.45, 7) is 2.27.